The number of carbonyl (C=O) groups is 1. The van der Waals surface area contributed by atoms with Crippen LogP contribution >= 0.6 is 11.6 Å². The van der Waals surface area contributed by atoms with E-state index in [1.807, 2.05) is 0 Å². The van der Waals surface area contributed by atoms with E-state index in [0.29, 0.717) is 25.3 Å². The molecular formula is C14H18ClNO4. The van der Waals surface area contributed by atoms with Crippen molar-refractivity contribution in [2.24, 2.45) is 5.92 Å². The van der Waals surface area contributed by atoms with Gasteiger partial charge in [0.15, 0.2) is 0 Å². The van der Waals surface area contributed by atoms with E-state index in [2.05, 4.69) is 0 Å². The minimum Gasteiger partial charge on any atom is -0.452 e. The largest absolute Gasteiger partial charge is 0.452 e. The van der Waals surface area contributed by atoms with Crippen molar-refractivity contribution in [1.29, 1.82) is 0 Å². The fourth-order valence-corrected chi connectivity index (χ4v) is 3.44. The molecule has 20 heavy (non-hydrogen) atoms. The van der Waals surface area contributed by atoms with Crippen molar-refractivity contribution in [2.45, 2.75) is 31.4 Å². The second-order valence-electron chi connectivity index (χ2n) is 5.41. The second-order valence-corrected chi connectivity index (χ2v) is 5.75. The molecule has 1 amide bonds. The standard InChI is InChI=1S/C14H18ClNO4/c15-13-10(4-6-20-13)14(18)16-5-7-19-8-11(16)9-2-1-3-12(9)17/h4,6,9,11-12,17H,1-3,5,7-8H2/t9-,11+,12+/m0/s1. The molecule has 6 heteroatoms. The number of halogens is 1. The van der Waals surface area contributed by atoms with Gasteiger partial charge >= 0.3 is 0 Å². The predicted octanol–water partition coefficient (Wildman–Crippen LogP) is 1.94. The minimum absolute atomic E-state index is 0.0836. The first-order chi connectivity index (χ1) is 9.68. The summed E-state index contributed by atoms with van der Waals surface area (Å²) < 4.78 is 10.5. The lowest BCUT2D eigenvalue weighted by molar-refractivity contribution is -0.0383. The van der Waals surface area contributed by atoms with E-state index in [0.717, 1.165) is 19.3 Å². The van der Waals surface area contributed by atoms with E-state index in [9.17, 15) is 9.90 Å². The van der Waals surface area contributed by atoms with Gasteiger partial charge in [-0.1, -0.05) is 6.42 Å². The van der Waals surface area contributed by atoms with Crippen LogP contribution in [0.5, 0.6) is 0 Å². The lowest BCUT2D eigenvalue weighted by Crippen LogP contribution is -2.53. The lowest BCUT2D eigenvalue weighted by atomic mass is 9.94. The molecule has 1 aliphatic carbocycles. The Bertz CT molecular complexity index is 489. The smallest absolute Gasteiger partial charge is 0.259 e. The second kappa shape index (κ2) is 5.76. The summed E-state index contributed by atoms with van der Waals surface area (Å²) in [5, 5.41) is 10.2. The van der Waals surface area contributed by atoms with Crippen LogP contribution < -0.4 is 0 Å². The number of carbonyl (C=O) groups excluding carboxylic acids is 1. The summed E-state index contributed by atoms with van der Waals surface area (Å²) in [6.07, 6.45) is 3.79. The average Bonchev–Trinajstić information content (AvgIpc) is 3.06. The summed E-state index contributed by atoms with van der Waals surface area (Å²) in [7, 11) is 0. The number of furan rings is 1. The summed E-state index contributed by atoms with van der Waals surface area (Å²) in [6, 6.07) is 1.50. The third kappa shape index (κ3) is 2.45. The van der Waals surface area contributed by atoms with Crippen LogP contribution in [0.2, 0.25) is 5.22 Å². The first-order valence-corrected chi connectivity index (χ1v) is 7.36. The highest BCUT2D eigenvalue weighted by atomic mass is 35.5. The minimum atomic E-state index is -0.350. The van der Waals surface area contributed by atoms with Gasteiger partial charge in [-0.05, 0) is 30.5 Å². The van der Waals surface area contributed by atoms with E-state index in [-0.39, 0.29) is 29.2 Å². The fraction of sp³-hybridized carbons (Fsp3) is 0.643. The van der Waals surface area contributed by atoms with Crippen molar-refractivity contribution in [3.8, 4) is 0 Å². The van der Waals surface area contributed by atoms with Crippen LogP contribution in [0, 0.1) is 5.92 Å². The highest BCUT2D eigenvalue weighted by molar-refractivity contribution is 6.32. The number of aliphatic hydroxyl groups excluding tert-OH is 1. The number of rotatable bonds is 2. The van der Waals surface area contributed by atoms with Crippen molar-refractivity contribution in [1.82, 2.24) is 4.90 Å². The van der Waals surface area contributed by atoms with E-state index in [1.165, 1.54) is 6.26 Å². The van der Waals surface area contributed by atoms with E-state index in [4.69, 9.17) is 20.8 Å². The molecule has 2 heterocycles. The van der Waals surface area contributed by atoms with Crippen molar-refractivity contribution >= 4 is 17.5 Å². The molecule has 2 aliphatic rings. The molecular weight excluding hydrogens is 282 g/mol. The quantitative estimate of drug-likeness (QED) is 0.906. The molecule has 1 aliphatic heterocycles. The first-order valence-electron chi connectivity index (χ1n) is 6.98. The summed E-state index contributed by atoms with van der Waals surface area (Å²) in [5.41, 5.74) is 0.381. The molecule has 1 aromatic heterocycles. The van der Waals surface area contributed by atoms with Crippen LogP contribution in [-0.4, -0.2) is 47.8 Å². The van der Waals surface area contributed by atoms with Crippen molar-refractivity contribution < 1.29 is 19.1 Å². The molecule has 0 aromatic carbocycles. The van der Waals surface area contributed by atoms with Gasteiger partial charge < -0.3 is 19.2 Å². The highest BCUT2D eigenvalue weighted by Gasteiger charge is 2.40. The van der Waals surface area contributed by atoms with Crippen molar-refractivity contribution in [3.05, 3.63) is 23.1 Å². The molecule has 1 N–H and O–H groups in total. The number of nitrogens with zero attached hydrogens (tertiary/aromatic N) is 1. The SMILES string of the molecule is O=C(c1ccoc1Cl)N1CCOC[C@@H]1[C@@H]1CCC[C@H]1O. The Hall–Kier alpha value is -1.04. The highest BCUT2D eigenvalue weighted by Crippen LogP contribution is 2.33. The number of morpholine rings is 1. The van der Waals surface area contributed by atoms with Gasteiger partial charge in [-0.25, -0.2) is 0 Å². The number of aliphatic hydroxyl groups is 1. The van der Waals surface area contributed by atoms with Crippen LogP contribution in [-0.2, 0) is 4.74 Å². The van der Waals surface area contributed by atoms with E-state index >= 15 is 0 Å². The van der Waals surface area contributed by atoms with Crippen molar-refractivity contribution in [2.75, 3.05) is 19.8 Å². The maximum atomic E-state index is 12.6. The normalized spacial score (nSPS) is 30.7. The third-order valence-corrected chi connectivity index (χ3v) is 4.59. The third-order valence-electron chi connectivity index (χ3n) is 4.30. The molecule has 110 valence electrons. The van der Waals surface area contributed by atoms with Crippen LogP contribution in [0.25, 0.3) is 0 Å². The summed E-state index contributed by atoms with van der Waals surface area (Å²) >= 11 is 5.90. The molecule has 0 bridgehead atoms. The zero-order chi connectivity index (χ0) is 14.1. The first kappa shape index (κ1) is 13.9. The number of ether oxygens (including phenoxy) is 1. The molecule has 0 spiro atoms. The molecule has 1 aromatic rings. The summed E-state index contributed by atoms with van der Waals surface area (Å²) in [4.78, 5) is 14.4. The maximum absolute atomic E-state index is 12.6. The van der Waals surface area contributed by atoms with Gasteiger partial charge in [0.2, 0.25) is 5.22 Å². The van der Waals surface area contributed by atoms with Crippen molar-refractivity contribution in [3.63, 3.8) is 0 Å². The molecule has 3 atom stereocenters. The van der Waals surface area contributed by atoms with Gasteiger partial charge in [-0.3, -0.25) is 4.79 Å². The van der Waals surface area contributed by atoms with Crippen LogP contribution in [0.3, 0.4) is 0 Å². The zero-order valence-corrected chi connectivity index (χ0v) is 11.9. The van der Waals surface area contributed by atoms with Gasteiger partial charge in [-0.2, -0.15) is 0 Å². The van der Waals surface area contributed by atoms with Crippen LogP contribution in [0.15, 0.2) is 16.7 Å². The molecule has 0 radical (unpaired) electrons. The molecule has 2 fully saturated rings. The molecule has 5 nitrogen and oxygen atoms in total. The summed E-state index contributed by atoms with van der Waals surface area (Å²) in [6.45, 7) is 1.51. The van der Waals surface area contributed by atoms with Gasteiger partial charge in [0.1, 0.15) is 0 Å². The van der Waals surface area contributed by atoms with Crippen LogP contribution in [0.1, 0.15) is 29.6 Å². The molecule has 1 saturated carbocycles. The Kier molecular flexibility index (Phi) is 4.01. The Morgan fingerprint density at radius 2 is 2.30 bits per heavy atom. The van der Waals surface area contributed by atoms with E-state index < -0.39 is 0 Å². The predicted molar refractivity (Wildman–Crippen MR) is 72.7 cm³/mol. The van der Waals surface area contributed by atoms with Gasteiger partial charge in [-0.15, -0.1) is 0 Å². The fourth-order valence-electron chi connectivity index (χ4n) is 3.25. The van der Waals surface area contributed by atoms with Gasteiger partial charge in [0, 0.05) is 12.5 Å². The number of hydrogen-bond donors (Lipinski definition) is 1. The number of amides is 1. The average molecular weight is 300 g/mol. The molecule has 3 rings (SSSR count). The monoisotopic (exact) mass is 299 g/mol. The zero-order valence-electron chi connectivity index (χ0n) is 11.1. The van der Waals surface area contributed by atoms with Gasteiger partial charge in [0.25, 0.3) is 5.91 Å². The van der Waals surface area contributed by atoms with E-state index in [1.54, 1.807) is 11.0 Å². The lowest BCUT2D eigenvalue weighted by Gasteiger charge is -2.40. The Morgan fingerprint density at radius 3 is 2.95 bits per heavy atom. The Balaban J connectivity index is 1.82. The number of hydrogen-bond acceptors (Lipinski definition) is 4. The Labute approximate surface area is 122 Å². The molecule has 0 unspecified atom stereocenters. The maximum Gasteiger partial charge on any atom is 0.259 e. The molecule has 1 saturated heterocycles. The topological polar surface area (TPSA) is 62.9 Å². The van der Waals surface area contributed by atoms with Crippen LogP contribution in [0.4, 0.5) is 0 Å². The Morgan fingerprint density at radius 1 is 1.45 bits per heavy atom. The summed E-state index contributed by atoms with van der Waals surface area (Å²) in [5.74, 6) is -0.0546. The van der Waals surface area contributed by atoms with Gasteiger partial charge in [0.05, 0.1) is 37.2 Å².